The minimum atomic E-state index is 0.459. The summed E-state index contributed by atoms with van der Waals surface area (Å²) in [4.78, 5) is 4.81. The monoisotopic (exact) mass is 433 g/mol. The van der Waals surface area contributed by atoms with Crippen LogP contribution in [0.4, 0.5) is 0 Å². The number of aliphatic imine (C=N–C) groups is 1. The van der Waals surface area contributed by atoms with Crippen LogP contribution < -0.4 is 42.4 Å². The van der Waals surface area contributed by atoms with Crippen molar-refractivity contribution in [2.45, 2.75) is 45.4 Å². The van der Waals surface area contributed by atoms with Gasteiger partial charge in [-0.15, -0.1) is 0 Å². The van der Waals surface area contributed by atoms with Crippen LogP contribution in [0.3, 0.4) is 0 Å². The van der Waals surface area contributed by atoms with Crippen molar-refractivity contribution in [1.29, 1.82) is 0 Å². The van der Waals surface area contributed by atoms with Crippen molar-refractivity contribution >= 4 is 5.71 Å². The van der Waals surface area contributed by atoms with E-state index in [4.69, 9.17) is 4.99 Å². The van der Waals surface area contributed by atoms with Crippen molar-refractivity contribution < 1.29 is 42.4 Å². The second-order valence-electron chi connectivity index (χ2n) is 4.40. The summed E-state index contributed by atoms with van der Waals surface area (Å²) in [5, 5.41) is 0. The average molecular weight is 433 g/mol. The molecule has 0 saturated carbocycles. The summed E-state index contributed by atoms with van der Waals surface area (Å²) >= 11 is 0.929. The molecule has 2 aliphatic rings. The van der Waals surface area contributed by atoms with Gasteiger partial charge in [-0.3, -0.25) is 0 Å². The number of rotatable bonds is 2. The van der Waals surface area contributed by atoms with E-state index in [-0.39, 0.29) is 0 Å². The first-order valence-corrected chi connectivity index (χ1v) is 11.2. The molecule has 2 aliphatic heterocycles. The molecule has 2 heterocycles. The third-order valence-corrected chi connectivity index (χ3v) is 12.9. The molecular formula is C12H21I2N-2. The second kappa shape index (κ2) is 5.65. The molecule has 2 saturated heterocycles. The summed E-state index contributed by atoms with van der Waals surface area (Å²) in [7, 11) is 0. The molecule has 0 amide bonds. The van der Waals surface area contributed by atoms with Crippen LogP contribution in [0.25, 0.3) is 0 Å². The molecule has 0 aromatic heterocycles. The average Bonchev–Trinajstić information content (AvgIpc) is 2.61. The zero-order valence-electron chi connectivity index (χ0n) is 9.84. The molecule has 0 aromatic rings. The molecule has 0 aliphatic carbocycles. The van der Waals surface area contributed by atoms with E-state index in [1.54, 1.807) is 10.1 Å². The fourth-order valence-corrected chi connectivity index (χ4v) is 14.4. The van der Waals surface area contributed by atoms with Crippen LogP contribution in [-0.4, -0.2) is 28.5 Å². The van der Waals surface area contributed by atoms with Crippen LogP contribution >= 0.6 is 0 Å². The third-order valence-electron chi connectivity index (χ3n) is 3.24. The van der Waals surface area contributed by atoms with Crippen LogP contribution in [0.15, 0.2) is 4.99 Å². The van der Waals surface area contributed by atoms with E-state index in [2.05, 4.69) is 20.8 Å². The van der Waals surface area contributed by atoms with Gasteiger partial charge < -0.3 is 0 Å². The first kappa shape index (κ1) is 12.6. The van der Waals surface area contributed by atoms with Gasteiger partial charge in [0.1, 0.15) is 0 Å². The van der Waals surface area contributed by atoms with Crippen molar-refractivity contribution in [2.24, 2.45) is 10.9 Å². The van der Waals surface area contributed by atoms with Gasteiger partial charge in [0.25, 0.3) is 0 Å². The Bertz CT molecular complexity index is 252. The van der Waals surface area contributed by atoms with Gasteiger partial charge in [0.15, 0.2) is 0 Å². The van der Waals surface area contributed by atoms with Crippen LogP contribution in [0.5, 0.6) is 0 Å². The molecule has 0 spiro atoms. The Hall–Kier alpha value is 1.13. The quantitative estimate of drug-likeness (QED) is 0.313. The van der Waals surface area contributed by atoms with Crippen LogP contribution in [0, 0.1) is 5.92 Å². The van der Waals surface area contributed by atoms with Crippen molar-refractivity contribution in [3.05, 3.63) is 0 Å². The summed E-state index contributed by atoms with van der Waals surface area (Å²) in [6.45, 7) is 8.08. The van der Waals surface area contributed by atoms with Gasteiger partial charge in [0.2, 0.25) is 0 Å². The standard InChI is InChI=1S/C12H21I2N/c1-4-9-7-13-12-10(15-5-2)6-8(3)14-11(9)12/h8-9,11-12H,4-7H2,1-3H3/q-2/t8-,9?,11+,12+/m1/s1. The Morgan fingerprint density at radius 2 is 2.20 bits per heavy atom. The topological polar surface area (TPSA) is 12.4 Å². The SMILES string of the molecule is CCN=C1C[C@@H](C)[I-][C@H]2C(CC)C[I-][C@@H]12. The van der Waals surface area contributed by atoms with Crippen LogP contribution in [-0.2, 0) is 0 Å². The van der Waals surface area contributed by atoms with Gasteiger partial charge >= 0.3 is 115 Å². The Balaban J connectivity index is 2.14. The zero-order chi connectivity index (χ0) is 10.8. The van der Waals surface area contributed by atoms with Crippen molar-refractivity contribution in [2.75, 3.05) is 11.0 Å². The Morgan fingerprint density at radius 1 is 1.40 bits per heavy atom. The molecule has 0 aromatic carbocycles. The third kappa shape index (κ3) is 2.69. The number of halogens is 2. The molecule has 90 valence electrons. The summed E-state index contributed by atoms with van der Waals surface area (Å²) in [6, 6.07) is 0. The second-order valence-corrected chi connectivity index (χ2v) is 11.8. The fraction of sp³-hybridized carbons (Fsp3) is 0.917. The molecule has 0 radical (unpaired) electrons. The molecule has 1 unspecified atom stereocenters. The van der Waals surface area contributed by atoms with E-state index >= 15 is 0 Å². The van der Waals surface area contributed by atoms with E-state index in [1.807, 2.05) is 0 Å². The Morgan fingerprint density at radius 3 is 2.87 bits per heavy atom. The van der Waals surface area contributed by atoms with Gasteiger partial charge in [-0.2, -0.15) is 0 Å². The summed E-state index contributed by atoms with van der Waals surface area (Å²) < 4.78 is 4.76. The van der Waals surface area contributed by atoms with Gasteiger partial charge in [-0.1, -0.05) is 0 Å². The van der Waals surface area contributed by atoms with E-state index in [9.17, 15) is 0 Å². The molecular weight excluding hydrogens is 412 g/mol. The molecule has 1 nitrogen and oxygen atoms in total. The van der Waals surface area contributed by atoms with Crippen molar-refractivity contribution in [3.8, 4) is 0 Å². The fourth-order valence-electron chi connectivity index (χ4n) is 2.44. The molecule has 0 N–H and O–H groups in total. The van der Waals surface area contributed by atoms with Gasteiger partial charge in [0.05, 0.1) is 0 Å². The predicted octanol–water partition coefficient (Wildman–Crippen LogP) is -3.81. The number of hydrogen-bond acceptors (Lipinski definition) is 1. The van der Waals surface area contributed by atoms with Crippen LogP contribution in [0.2, 0.25) is 0 Å². The normalized spacial score (nSPS) is 44.3. The predicted molar refractivity (Wildman–Crippen MR) is 58.3 cm³/mol. The zero-order valence-corrected chi connectivity index (χ0v) is 14.2. The van der Waals surface area contributed by atoms with Gasteiger partial charge in [0, 0.05) is 0 Å². The number of fused-ring (bicyclic) bond motifs is 1. The summed E-state index contributed by atoms with van der Waals surface area (Å²) in [5.41, 5.74) is 1.64. The molecule has 15 heavy (non-hydrogen) atoms. The molecule has 0 bridgehead atoms. The Labute approximate surface area is 114 Å². The minimum absolute atomic E-state index is 0.459. The number of hydrogen-bond donors (Lipinski definition) is 0. The summed E-state index contributed by atoms with van der Waals surface area (Å²) in [5.74, 6) is 1.10. The van der Waals surface area contributed by atoms with E-state index in [1.165, 1.54) is 12.8 Å². The van der Waals surface area contributed by atoms with E-state index in [0.717, 1.165) is 24.2 Å². The summed E-state index contributed by atoms with van der Waals surface area (Å²) in [6.07, 6.45) is 2.80. The van der Waals surface area contributed by atoms with E-state index in [0.29, 0.717) is 42.4 Å². The van der Waals surface area contributed by atoms with E-state index < -0.39 is 0 Å². The van der Waals surface area contributed by atoms with Crippen LogP contribution in [0.1, 0.15) is 33.6 Å². The molecule has 2 rings (SSSR count). The molecule has 3 heteroatoms. The van der Waals surface area contributed by atoms with Gasteiger partial charge in [-0.25, -0.2) is 0 Å². The first-order chi connectivity index (χ1) is 7.26. The van der Waals surface area contributed by atoms with Crippen molar-refractivity contribution in [1.82, 2.24) is 0 Å². The number of nitrogens with zero attached hydrogens (tertiary/aromatic N) is 1. The Kier molecular flexibility index (Phi) is 4.74. The maximum absolute atomic E-state index is 4.81. The van der Waals surface area contributed by atoms with Gasteiger partial charge in [-0.05, 0) is 0 Å². The maximum atomic E-state index is 4.81. The first-order valence-electron chi connectivity index (χ1n) is 5.99. The number of alkyl halides is 4. The molecule has 4 atom stereocenters. The molecule has 2 fully saturated rings. The van der Waals surface area contributed by atoms with Crippen molar-refractivity contribution in [3.63, 3.8) is 0 Å².